The maximum absolute atomic E-state index is 13.0. The van der Waals surface area contributed by atoms with Crippen LogP contribution in [-0.2, 0) is 11.2 Å². The second-order valence-electron chi connectivity index (χ2n) is 9.00. The van der Waals surface area contributed by atoms with Gasteiger partial charge in [0.1, 0.15) is 0 Å². The molecule has 1 fully saturated rings. The highest BCUT2D eigenvalue weighted by Crippen LogP contribution is 2.30. The summed E-state index contributed by atoms with van der Waals surface area (Å²) in [5, 5.41) is 2.05. The number of fused-ring (bicyclic) bond motifs is 2. The van der Waals surface area contributed by atoms with E-state index >= 15 is 0 Å². The number of carbonyl (C=O) groups is 2. The minimum Gasteiger partial charge on any atom is -0.361 e. The van der Waals surface area contributed by atoms with Crippen molar-refractivity contribution in [1.29, 1.82) is 0 Å². The van der Waals surface area contributed by atoms with Crippen molar-refractivity contribution in [3.05, 3.63) is 77.6 Å². The van der Waals surface area contributed by atoms with Crippen LogP contribution in [0.3, 0.4) is 0 Å². The van der Waals surface area contributed by atoms with Crippen molar-refractivity contribution in [3.8, 4) is 0 Å². The predicted octanol–water partition coefficient (Wildman–Crippen LogP) is 4.37. The molecule has 2 aromatic heterocycles. The van der Waals surface area contributed by atoms with Gasteiger partial charge in [0.15, 0.2) is 0 Å². The number of likely N-dealkylation sites (tertiary alicyclic amines) is 1. The van der Waals surface area contributed by atoms with Crippen LogP contribution in [-0.4, -0.2) is 58.8 Å². The fraction of sp³-hybridized carbons (Fsp3) is 0.296. The maximum atomic E-state index is 13.0. The Hall–Kier alpha value is -3.67. The summed E-state index contributed by atoms with van der Waals surface area (Å²) in [6, 6.07) is 17.9. The average Bonchev–Trinajstić information content (AvgIpc) is 3.49. The lowest BCUT2D eigenvalue weighted by molar-refractivity contribution is -0.130. The average molecular weight is 441 g/mol. The van der Waals surface area contributed by atoms with E-state index in [1.54, 1.807) is 19.0 Å². The van der Waals surface area contributed by atoms with Gasteiger partial charge in [0, 0.05) is 67.7 Å². The van der Waals surface area contributed by atoms with Crippen LogP contribution in [0, 0.1) is 0 Å². The zero-order valence-electron chi connectivity index (χ0n) is 19.0. The molecule has 168 valence electrons. The Bertz CT molecular complexity index is 1340. The molecule has 0 bridgehead atoms. The lowest BCUT2D eigenvalue weighted by Gasteiger charge is -2.18. The highest BCUT2D eigenvalue weighted by atomic mass is 16.2. The molecular formula is C27H28N4O2. The van der Waals surface area contributed by atoms with Crippen LogP contribution in [0.25, 0.3) is 21.8 Å². The Labute approximate surface area is 193 Å². The van der Waals surface area contributed by atoms with Crippen LogP contribution in [0.15, 0.2) is 60.8 Å². The Kier molecular flexibility index (Phi) is 5.58. The molecule has 0 radical (unpaired) electrons. The van der Waals surface area contributed by atoms with Crippen molar-refractivity contribution in [2.75, 3.05) is 27.2 Å². The van der Waals surface area contributed by atoms with E-state index in [1.807, 2.05) is 53.6 Å². The number of carbonyl (C=O) groups excluding carboxylic acids is 2. The summed E-state index contributed by atoms with van der Waals surface area (Å²) in [5.41, 5.74) is 4.67. The summed E-state index contributed by atoms with van der Waals surface area (Å²) < 4.78 is 0. The third-order valence-electron chi connectivity index (χ3n) is 6.61. The smallest absolute Gasteiger partial charge is 0.254 e. The minimum absolute atomic E-state index is 0.0282. The lowest BCUT2D eigenvalue weighted by Crippen LogP contribution is -2.28. The van der Waals surface area contributed by atoms with Crippen molar-refractivity contribution in [2.24, 2.45) is 0 Å². The third-order valence-corrected chi connectivity index (χ3v) is 6.61. The summed E-state index contributed by atoms with van der Waals surface area (Å²) >= 11 is 0. The van der Waals surface area contributed by atoms with E-state index in [1.165, 1.54) is 10.9 Å². The van der Waals surface area contributed by atoms with Crippen LogP contribution in [0.5, 0.6) is 0 Å². The number of aryl methyl sites for hydroxylation is 1. The first-order valence-electron chi connectivity index (χ1n) is 11.5. The highest BCUT2D eigenvalue weighted by molar-refractivity contribution is 6.06. The van der Waals surface area contributed by atoms with E-state index in [0.29, 0.717) is 18.5 Å². The second kappa shape index (κ2) is 8.70. The van der Waals surface area contributed by atoms with Crippen LogP contribution in [0.2, 0.25) is 0 Å². The van der Waals surface area contributed by atoms with Crippen molar-refractivity contribution in [1.82, 2.24) is 19.8 Å². The number of amides is 2. The number of nitrogens with zero attached hydrogens (tertiary/aromatic N) is 3. The zero-order chi connectivity index (χ0) is 22.9. The maximum Gasteiger partial charge on any atom is 0.254 e. The number of benzene rings is 2. The molecule has 1 aliphatic heterocycles. The fourth-order valence-corrected chi connectivity index (χ4v) is 4.79. The number of nitrogens with one attached hydrogen (secondary N) is 1. The topological polar surface area (TPSA) is 69.3 Å². The molecule has 6 heteroatoms. The molecule has 2 amide bonds. The monoisotopic (exact) mass is 440 g/mol. The van der Waals surface area contributed by atoms with E-state index in [4.69, 9.17) is 4.98 Å². The molecule has 0 spiro atoms. The van der Waals surface area contributed by atoms with Gasteiger partial charge in [-0.3, -0.25) is 14.6 Å². The molecule has 0 saturated carbocycles. The van der Waals surface area contributed by atoms with Crippen LogP contribution >= 0.6 is 0 Å². The first kappa shape index (κ1) is 21.2. The number of hydrogen-bond acceptors (Lipinski definition) is 3. The van der Waals surface area contributed by atoms with Crippen molar-refractivity contribution in [2.45, 2.75) is 25.2 Å². The molecule has 1 unspecified atom stereocenters. The minimum atomic E-state index is -0.0282. The molecule has 0 aliphatic carbocycles. The molecule has 1 saturated heterocycles. The van der Waals surface area contributed by atoms with Crippen LogP contribution < -0.4 is 0 Å². The van der Waals surface area contributed by atoms with Gasteiger partial charge in [-0.05, 0) is 36.6 Å². The molecule has 6 nitrogen and oxygen atoms in total. The Morgan fingerprint density at radius 2 is 1.85 bits per heavy atom. The van der Waals surface area contributed by atoms with Gasteiger partial charge in [0.25, 0.3) is 5.91 Å². The summed E-state index contributed by atoms with van der Waals surface area (Å²) in [5.74, 6) is 0.285. The molecule has 5 rings (SSSR count). The zero-order valence-corrected chi connectivity index (χ0v) is 19.0. The predicted molar refractivity (Wildman–Crippen MR) is 130 cm³/mol. The fourth-order valence-electron chi connectivity index (χ4n) is 4.79. The van der Waals surface area contributed by atoms with E-state index < -0.39 is 0 Å². The number of aromatic nitrogens is 2. The van der Waals surface area contributed by atoms with E-state index in [-0.39, 0.29) is 17.7 Å². The standard InChI is InChI=1S/C27H28N4O2/c1-30(2)27(33)22-15-25(29-24-10-6-4-8-21(22)24)19-13-14-31(17-19)26(32)12-11-18-16-28-23-9-5-3-7-20(18)23/h3-10,15-16,19,28H,11-14,17H2,1-2H3. The summed E-state index contributed by atoms with van der Waals surface area (Å²) in [4.78, 5) is 37.5. The van der Waals surface area contributed by atoms with E-state index in [9.17, 15) is 9.59 Å². The molecule has 1 atom stereocenters. The van der Waals surface area contributed by atoms with Gasteiger partial charge in [-0.2, -0.15) is 0 Å². The molecule has 2 aromatic carbocycles. The van der Waals surface area contributed by atoms with Gasteiger partial charge >= 0.3 is 0 Å². The van der Waals surface area contributed by atoms with Crippen molar-refractivity contribution >= 4 is 33.6 Å². The van der Waals surface area contributed by atoms with Gasteiger partial charge in [-0.1, -0.05) is 36.4 Å². The number of pyridine rings is 1. The van der Waals surface area contributed by atoms with Gasteiger partial charge in [0.2, 0.25) is 5.91 Å². The highest BCUT2D eigenvalue weighted by Gasteiger charge is 2.29. The summed E-state index contributed by atoms with van der Waals surface area (Å²) in [6.07, 6.45) is 4.08. The Morgan fingerprint density at radius 1 is 1.09 bits per heavy atom. The number of para-hydroxylation sites is 2. The van der Waals surface area contributed by atoms with Gasteiger partial charge in [0.05, 0.1) is 11.1 Å². The van der Waals surface area contributed by atoms with Crippen LogP contribution in [0.1, 0.15) is 40.4 Å². The Morgan fingerprint density at radius 3 is 2.67 bits per heavy atom. The molecular weight excluding hydrogens is 412 g/mol. The van der Waals surface area contributed by atoms with E-state index in [2.05, 4.69) is 17.1 Å². The molecule has 4 aromatic rings. The first-order valence-corrected chi connectivity index (χ1v) is 11.5. The van der Waals surface area contributed by atoms with E-state index in [0.717, 1.165) is 41.5 Å². The molecule has 3 heterocycles. The van der Waals surface area contributed by atoms with Gasteiger partial charge in [-0.15, -0.1) is 0 Å². The van der Waals surface area contributed by atoms with Crippen molar-refractivity contribution < 1.29 is 9.59 Å². The summed E-state index contributed by atoms with van der Waals surface area (Å²) in [7, 11) is 3.53. The molecule has 1 N–H and O–H groups in total. The third kappa shape index (κ3) is 4.09. The first-order chi connectivity index (χ1) is 16.0. The normalized spacial score (nSPS) is 15.9. The van der Waals surface area contributed by atoms with Gasteiger partial charge in [-0.25, -0.2) is 0 Å². The van der Waals surface area contributed by atoms with Gasteiger partial charge < -0.3 is 14.8 Å². The number of H-pyrrole nitrogens is 1. The number of aromatic amines is 1. The quantitative estimate of drug-likeness (QED) is 0.501. The molecule has 1 aliphatic rings. The van der Waals surface area contributed by atoms with Crippen LogP contribution in [0.4, 0.5) is 0 Å². The number of rotatable bonds is 5. The van der Waals surface area contributed by atoms with Crippen molar-refractivity contribution in [3.63, 3.8) is 0 Å². The molecule has 33 heavy (non-hydrogen) atoms. The summed E-state index contributed by atoms with van der Waals surface area (Å²) in [6.45, 7) is 1.37. The second-order valence-corrected chi connectivity index (χ2v) is 9.00. The SMILES string of the molecule is CN(C)C(=O)c1cc(C2CCN(C(=O)CCc3c[nH]c4ccccc34)C2)nc2ccccc12. The number of hydrogen-bond donors (Lipinski definition) is 1. The largest absolute Gasteiger partial charge is 0.361 e. The lowest BCUT2D eigenvalue weighted by atomic mass is 9.99. The Balaban J connectivity index is 1.31.